The van der Waals surface area contributed by atoms with Crippen molar-refractivity contribution in [3.8, 4) is 0 Å². The second kappa shape index (κ2) is 7.63. The zero-order valence-corrected chi connectivity index (χ0v) is 13.5. The Balaban J connectivity index is 0.00000288. The van der Waals surface area contributed by atoms with Crippen LogP contribution in [0, 0.1) is 5.82 Å². The number of likely N-dealkylation sites (N-methyl/N-ethyl adjacent to an activating group) is 1. The van der Waals surface area contributed by atoms with E-state index in [9.17, 15) is 22.4 Å². The summed E-state index contributed by atoms with van der Waals surface area (Å²) >= 11 is 0. The first-order valence-corrected chi connectivity index (χ1v) is 6.56. The minimum atomic E-state index is -4.63. The summed E-state index contributed by atoms with van der Waals surface area (Å²) in [5.41, 5.74) is -1.08. The number of aromatic nitrogens is 2. The van der Waals surface area contributed by atoms with E-state index in [1.165, 1.54) is 17.9 Å². The average molecular weight is 367 g/mol. The first-order chi connectivity index (χ1) is 10.7. The fourth-order valence-electron chi connectivity index (χ4n) is 2.04. The first kappa shape index (κ1) is 19.9. The third-order valence-electron chi connectivity index (χ3n) is 3.16. The summed E-state index contributed by atoms with van der Waals surface area (Å²) in [6.45, 7) is 0. The summed E-state index contributed by atoms with van der Waals surface area (Å²) in [5, 5.41) is 8.79. The lowest BCUT2D eigenvalue weighted by molar-refractivity contribution is -0.137. The average Bonchev–Trinajstić information content (AvgIpc) is 2.87. The molecular weight excluding hydrogens is 352 g/mol. The molecule has 0 aliphatic rings. The van der Waals surface area contributed by atoms with Gasteiger partial charge in [0.1, 0.15) is 11.9 Å². The van der Waals surface area contributed by atoms with E-state index in [4.69, 9.17) is 0 Å². The van der Waals surface area contributed by atoms with E-state index in [2.05, 4.69) is 15.7 Å². The molecule has 1 atom stereocenters. The van der Waals surface area contributed by atoms with E-state index in [1.807, 2.05) is 0 Å². The molecule has 2 N–H and O–H groups in total. The SMILES string of the molecule is CNC(C(=O)Nc1cc(C(F)(F)F)ccc1F)c1cnn(C)c1.Cl. The predicted octanol–water partition coefficient (Wildman–Crippen LogP) is 2.90. The molecule has 0 spiro atoms. The first-order valence-electron chi connectivity index (χ1n) is 6.56. The fourth-order valence-corrected chi connectivity index (χ4v) is 2.04. The Morgan fingerprint density at radius 3 is 2.50 bits per heavy atom. The summed E-state index contributed by atoms with van der Waals surface area (Å²) in [6.07, 6.45) is -1.62. The zero-order chi connectivity index (χ0) is 17.2. The molecule has 0 aliphatic heterocycles. The van der Waals surface area contributed by atoms with Crippen LogP contribution in [0.4, 0.5) is 23.2 Å². The van der Waals surface area contributed by atoms with E-state index in [0.29, 0.717) is 23.8 Å². The molecule has 1 unspecified atom stereocenters. The van der Waals surface area contributed by atoms with Gasteiger partial charge in [-0.1, -0.05) is 0 Å². The highest BCUT2D eigenvalue weighted by molar-refractivity contribution is 5.95. The molecule has 10 heteroatoms. The van der Waals surface area contributed by atoms with E-state index < -0.39 is 35.2 Å². The van der Waals surface area contributed by atoms with Gasteiger partial charge in [-0.25, -0.2) is 4.39 Å². The third-order valence-corrected chi connectivity index (χ3v) is 3.16. The van der Waals surface area contributed by atoms with Crippen molar-refractivity contribution in [3.05, 3.63) is 47.5 Å². The second-order valence-corrected chi connectivity index (χ2v) is 4.85. The Hall–Kier alpha value is -2.13. The number of benzene rings is 1. The van der Waals surface area contributed by atoms with Gasteiger partial charge in [0, 0.05) is 18.8 Å². The number of rotatable bonds is 4. The van der Waals surface area contributed by atoms with Gasteiger partial charge in [-0.3, -0.25) is 9.48 Å². The lowest BCUT2D eigenvalue weighted by Crippen LogP contribution is -2.30. The number of hydrogen-bond donors (Lipinski definition) is 2. The normalized spacial score (nSPS) is 12.4. The number of alkyl halides is 3. The molecule has 1 aromatic heterocycles. The summed E-state index contributed by atoms with van der Waals surface area (Å²) < 4.78 is 53.2. The van der Waals surface area contributed by atoms with Crippen LogP contribution in [0.3, 0.4) is 0 Å². The number of anilines is 1. The highest BCUT2D eigenvalue weighted by atomic mass is 35.5. The Labute approximate surface area is 141 Å². The van der Waals surface area contributed by atoms with Gasteiger partial charge in [0.25, 0.3) is 0 Å². The Morgan fingerprint density at radius 1 is 1.33 bits per heavy atom. The Morgan fingerprint density at radius 2 is 2.00 bits per heavy atom. The van der Waals surface area contributed by atoms with E-state index >= 15 is 0 Å². The van der Waals surface area contributed by atoms with Crippen LogP contribution < -0.4 is 10.6 Å². The van der Waals surface area contributed by atoms with Crippen LogP contribution in [0.25, 0.3) is 0 Å². The molecule has 0 saturated carbocycles. The Kier molecular flexibility index (Phi) is 6.33. The van der Waals surface area contributed by atoms with Gasteiger partial charge in [0.2, 0.25) is 5.91 Å². The van der Waals surface area contributed by atoms with Crippen LogP contribution in [0.15, 0.2) is 30.6 Å². The molecule has 2 rings (SSSR count). The number of nitrogens with zero attached hydrogens (tertiary/aromatic N) is 2. The summed E-state index contributed by atoms with van der Waals surface area (Å²) in [4.78, 5) is 12.2. The summed E-state index contributed by atoms with van der Waals surface area (Å²) in [7, 11) is 3.15. The van der Waals surface area contributed by atoms with Crippen molar-refractivity contribution in [2.24, 2.45) is 7.05 Å². The molecule has 1 heterocycles. The molecule has 24 heavy (non-hydrogen) atoms. The van der Waals surface area contributed by atoms with Gasteiger partial charge < -0.3 is 10.6 Å². The standard InChI is InChI=1S/C14H14F4N4O.ClH/c1-19-12(8-6-20-22(2)7-8)13(23)21-11-5-9(14(16,17)18)3-4-10(11)15;/h3-7,12,19H,1-2H3,(H,21,23);1H. The number of aryl methyl sites for hydroxylation is 1. The lowest BCUT2D eigenvalue weighted by Gasteiger charge is -2.16. The van der Waals surface area contributed by atoms with Crippen LogP contribution in [0.2, 0.25) is 0 Å². The molecule has 132 valence electrons. The number of nitrogens with one attached hydrogen (secondary N) is 2. The largest absolute Gasteiger partial charge is 0.416 e. The molecule has 0 bridgehead atoms. The number of halogens is 5. The van der Waals surface area contributed by atoms with Crippen molar-refractivity contribution in [1.29, 1.82) is 0 Å². The van der Waals surface area contributed by atoms with E-state index in [1.54, 1.807) is 13.2 Å². The number of carbonyl (C=O) groups excluding carboxylic acids is 1. The van der Waals surface area contributed by atoms with Crippen molar-refractivity contribution >= 4 is 24.0 Å². The molecule has 0 saturated heterocycles. The van der Waals surface area contributed by atoms with Gasteiger partial charge in [0.15, 0.2) is 0 Å². The topological polar surface area (TPSA) is 59.0 Å². The molecule has 2 aromatic rings. The van der Waals surface area contributed by atoms with E-state index in [0.717, 1.165) is 0 Å². The minimum Gasteiger partial charge on any atom is -0.322 e. The van der Waals surface area contributed by atoms with Gasteiger partial charge in [-0.15, -0.1) is 12.4 Å². The molecular formula is C14H15ClF4N4O. The van der Waals surface area contributed by atoms with Gasteiger partial charge >= 0.3 is 6.18 Å². The van der Waals surface area contributed by atoms with E-state index in [-0.39, 0.29) is 12.4 Å². The van der Waals surface area contributed by atoms with Crippen molar-refractivity contribution in [2.45, 2.75) is 12.2 Å². The number of amides is 1. The minimum absolute atomic E-state index is 0. The summed E-state index contributed by atoms with van der Waals surface area (Å²) in [5.74, 6) is -1.65. The third kappa shape index (κ3) is 4.45. The van der Waals surface area contributed by atoms with Gasteiger partial charge in [-0.2, -0.15) is 18.3 Å². The molecule has 0 fully saturated rings. The summed E-state index contributed by atoms with van der Waals surface area (Å²) in [6, 6.07) is 0.958. The highest BCUT2D eigenvalue weighted by Crippen LogP contribution is 2.32. The van der Waals surface area contributed by atoms with Crippen molar-refractivity contribution in [1.82, 2.24) is 15.1 Å². The van der Waals surface area contributed by atoms with Crippen LogP contribution in [-0.2, 0) is 18.0 Å². The van der Waals surface area contributed by atoms with Crippen LogP contribution in [0.1, 0.15) is 17.2 Å². The quantitative estimate of drug-likeness (QED) is 0.818. The number of carbonyl (C=O) groups is 1. The van der Waals surface area contributed by atoms with Crippen molar-refractivity contribution in [2.75, 3.05) is 12.4 Å². The van der Waals surface area contributed by atoms with Crippen LogP contribution in [-0.4, -0.2) is 22.7 Å². The molecule has 1 amide bonds. The maximum atomic E-state index is 13.7. The van der Waals surface area contributed by atoms with Gasteiger partial charge in [-0.05, 0) is 25.2 Å². The van der Waals surface area contributed by atoms with Crippen LogP contribution in [0.5, 0.6) is 0 Å². The fraction of sp³-hybridized carbons (Fsp3) is 0.286. The second-order valence-electron chi connectivity index (χ2n) is 4.85. The molecule has 1 aromatic carbocycles. The highest BCUT2D eigenvalue weighted by Gasteiger charge is 2.31. The Bertz CT molecular complexity index is 717. The lowest BCUT2D eigenvalue weighted by atomic mass is 10.1. The molecule has 0 aliphatic carbocycles. The molecule has 5 nitrogen and oxygen atoms in total. The van der Waals surface area contributed by atoms with Crippen molar-refractivity contribution < 1.29 is 22.4 Å². The maximum Gasteiger partial charge on any atom is 0.416 e. The van der Waals surface area contributed by atoms with Crippen LogP contribution >= 0.6 is 12.4 Å². The monoisotopic (exact) mass is 366 g/mol. The van der Waals surface area contributed by atoms with Crippen molar-refractivity contribution in [3.63, 3.8) is 0 Å². The smallest absolute Gasteiger partial charge is 0.322 e. The maximum absolute atomic E-state index is 13.7. The number of hydrogen-bond acceptors (Lipinski definition) is 3. The zero-order valence-electron chi connectivity index (χ0n) is 12.7. The van der Waals surface area contributed by atoms with Gasteiger partial charge in [0.05, 0.1) is 17.4 Å². The molecule has 0 radical (unpaired) electrons. The predicted molar refractivity (Wildman–Crippen MR) is 82.3 cm³/mol.